The second-order valence-electron chi connectivity index (χ2n) is 5.00. The minimum Gasteiger partial charge on any atom is -0.386 e. The van der Waals surface area contributed by atoms with Crippen LogP contribution in [-0.2, 0) is 13.5 Å². The number of rotatable bonds is 3. The summed E-state index contributed by atoms with van der Waals surface area (Å²) in [7, 11) is 1.40. The lowest BCUT2D eigenvalue weighted by Crippen LogP contribution is -2.32. The van der Waals surface area contributed by atoms with Gasteiger partial charge in [-0.2, -0.15) is 0 Å². The van der Waals surface area contributed by atoms with Gasteiger partial charge < -0.3 is 10.1 Å². The summed E-state index contributed by atoms with van der Waals surface area (Å²) >= 11 is 0. The van der Waals surface area contributed by atoms with Crippen LogP contribution in [0.1, 0.15) is 17.5 Å². The van der Waals surface area contributed by atoms with Crippen LogP contribution < -0.4 is 16.8 Å². The maximum Gasteiger partial charge on any atom is 0.329 e. The number of H-pyrrole nitrogens is 2. The van der Waals surface area contributed by atoms with E-state index in [-0.39, 0.29) is 23.3 Å². The van der Waals surface area contributed by atoms with Gasteiger partial charge in [-0.3, -0.25) is 24.1 Å². The third-order valence-electron chi connectivity index (χ3n) is 3.46. The van der Waals surface area contributed by atoms with Crippen LogP contribution >= 0.6 is 0 Å². The maximum absolute atomic E-state index is 12.1. The summed E-state index contributed by atoms with van der Waals surface area (Å²) in [5, 5.41) is 10.1. The highest BCUT2D eigenvalue weighted by atomic mass is 16.3. The Morgan fingerprint density at radius 2 is 2.00 bits per heavy atom. The van der Waals surface area contributed by atoms with Crippen LogP contribution in [0, 0.1) is 0 Å². The van der Waals surface area contributed by atoms with Crippen LogP contribution in [0.5, 0.6) is 0 Å². The largest absolute Gasteiger partial charge is 0.386 e. The molecule has 0 amide bonds. The van der Waals surface area contributed by atoms with Gasteiger partial charge in [-0.1, -0.05) is 6.07 Å². The highest BCUT2D eigenvalue weighted by Crippen LogP contribution is 2.13. The second kappa shape index (κ2) is 5.61. The minimum atomic E-state index is -1.03. The number of aromatic nitrogens is 5. The van der Waals surface area contributed by atoms with Crippen molar-refractivity contribution in [3.8, 4) is 0 Å². The Morgan fingerprint density at radius 3 is 2.70 bits per heavy atom. The van der Waals surface area contributed by atoms with Crippen molar-refractivity contribution < 1.29 is 5.11 Å². The van der Waals surface area contributed by atoms with Crippen LogP contribution in [0.2, 0.25) is 0 Å². The summed E-state index contributed by atoms with van der Waals surface area (Å²) in [5.41, 5.74) is -1.60. The average molecular weight is 315 g/mol. The molecule has 3 rings (SSSR count). The fourth-order valence-electron chi connectivity index (χ4n) is 2.22. The second-order valence-corrected chi connectivity index (χ2v) is 5.00. The quantitative estimate of drug-likeness (QED) is 0.566. The number of aliphatic hydroxyl groups is 1. The van der Waals surface area contributed by atoms with Gasteiger partial charge in [0.25, 0.3) is 11.1 Å². The molecular weight excluding hydrogens is 302 g/mol. The molecule has 0 spiro atoms. The fraction of sp³-hybridized carbons (Fsp3) is 0.214. The van der Waals surface area contributed by atoms with Gasteiger partial charge in [-0.15, -0.1) is 0 Å². The number of nitrogens with one attached hydrogen (secondary N) is 2. The molecule has 0 radical (unpaired) electrons. The molecule has 0 aromatic carbocycles. The summed E-state index contributed by atoms with van der Waals surface area (Å²) in [6.45, 7) is 0. The molecule has 0 aliphatic carbocycles. The van der Waals surface area contributed by atoms with Crippen LogP contribution in [-0.4, -0.2) is 29.6 Å². The molecule has 3 aromatic heterocycles. The van der Waals surface area contributed by atoms with E-state index < -0.39 is 22.9 Å². The van der Waals surface area contributed by atoms with E-state index in [2.05, 4.69) is 19.9 Å². The Labute approximate surface area is 128 Å². The van der Waals surface area contributed by atoms with Crippen molar-refractivity contribution in [1.82, 2.24) is 24.5 Å². The van der Waals surface area contributed by atoms with Crippen LogP contribution in [0.15, 0.2) is 38.8 Å². The van der Waals surface area contributed by atoms with Crippen LogP contribution in [0.25, 0.3) is 11.2 Å². The smallest absolute Gasteiger partial charge is 0.329 e. The van der Waals surface area contributed by atoms with Gasteiger partial charge in [-0.05, 0) is 12.1 Å². The lowest BCUT2D eigenvalue weighted by atomic mass is 10.1. The first-order chi connectivity index (χ1) is 11.0. The number of pyridine rings is 1. The first-order valence-electron chi connectivity index (χ1n) is 6.78. The molecule has 0 saturated carbocycles. The Hall–Kier alpha value is -3.07. The SMILES string of the molecule is Cn1c(=O)[nH]c(=O)c2nc(C[C@@H](O)c3ccccn3)c(=O)[nH]c21. The van der Waals surface area contributed by atoms with E-state index in [4.69, 9.17) is 0 Å². The van der Waals surface area contributed by atoms with E-state index >= 15 is 0 Å². The third kappa shape index (κ3) is 2.69. The van der Waals surface area contributed by atoms with Crippen molar-refractivity contribution in [2.75, 3.05) is 0 Å². The van der Waals surface area contributed by atoms with Crippen molar-refractivity contribution in [1.29, 1.82) is 0 Å². The van der Waals surface area contributed by atoms with Crippen molar-refractivity contribution in [2.45, 2.75) is 12.5 Å². The maximum atomic E-state index is 12.1. The minimum absolute atomic E-state index is 0.0141. The summed E-state index contributed by atoms with van der Waals surface area (Å²) in [4.78, 5) is 48.0. The van der Waals surface area contributed by atoms with Crippen molar-refractivity contribution >= 4 is 11.2 Å². The van der Waals surface area contributed by atoms with Crippen LogP contribution in [0.3, 0.4) is 0 Å². The lowest BCUT2D eigenvalue weighted by Gasteiger charge is -2.09. The Balaban J connectivity index is 2.09. The molecule has 118 valence electrons. The van der Waals surface area contributed by atoms with E-state index in [1.807, 2.05) is 0 Å². The summed E-state index contributed by atoms with van der Waals surface area (Å²) in [5.74, 6) is 0. The van der Waals surface area contributed by atoms with Gasteiger partial charge in [0.05, 0.1) is 5.69 Å². The third-order valence-corrected chi connectivity index (χ3v) is 3.46. The van der Waals surface area contributed by atoms with E-state index in [0.29, 0.717) is 5.69 Å². The zero-order valence-electron chi connectivity index (χ0n) is 12.1. The molecule has 3 N–H and O–H groups in total. The van der Waals surface area contributed by atoms with Crippen molar-refractivity contribution in [3.63, 3.8) is 0 Å². The first kappa shape index (κ1) is 14.9. The Kier molecular flexibility index (Phi) is 3.62. The lowest BCUT2D eigenvalue weighted by molar-refractivity contribution is 0.172. The topological polar surface area (TPSA) is 134 Å². The van der Waals surface area contributed by atoms with Gasteiger partial charge in [0.1, 0.15) is 17.4 Å². The van der Waals surface area contributed by atoms with Gasteiger partial charge in [0.15, 0.2) is 5.52 Å². The highest BCUT2D eigenvalue weighted by molar-refractivity contribution is 5.68. The standard InChI is InChI=1S/C14H13N5O4/c1-19-11-10(13(22)18-14(19)23)16-8(12(21)17-11)6-9(20)7-4-2-3-5-15-7/h2-5,9,20H,6H2,1H3,(H,17,21)(H,18,22,23)/t9-/m1/s1. The molecule has 23 heavy (non-hydrogen) atoms. The molecule has 0 saturated heterocycles. The average Bonchev–Trinajstić information content (AvgIpc) is 2.55. The molecule has 9 nitrogen and oxygen atoms in total. The Morgan fingerprint density at radius 1 is 1.22 bits per heavy atom. The number of hydrogen-bond donors (Lipinski definition) is 3. The molecule has 0 fully saturated rings. The zero-order chi connectivity index (χ0) is 16.6. The normalized spacial score (nSPS) is 12.4. The van der Waals surface area contributed by atoms with Gasteiger partial charge in [0, 0.05) is 19.7 Å². The number of aryl methyl sites for hydroxylation is 1. The monoisotopic (exact) mass is 315 g/mol. The van der Waals surface area contributed by atoms with Gasteiger partial charge in [0.2, 0.25) is 0 Å². The van der Waals surface area contributed by atoms with E-state index in [0.717, 1.165) is 4.57 Å². The van der Waals surface area contributed by atoms with Gasteiger partial charge in [-0.25, -0.2) is 9.78 Å². The fourth-order valence-corrected chi connectivity index (χ4v) is 2.22. The number of nitrogens with zero attached hydrogens (tertiary/aromatic N) is 3. The number of fused-ring (bicyclic) bond motifs is 1. The zero-order valence-corrected chi connectivity index (χ0v) is 12.1. The van der Waals surface area contributed by atoms with Crippen molar-refractivity contribution in [2.24, 2.45) is 7.05 Å². The van der Waals surface area contributed by atoms with Gasteiger partial charge >= 0.3 is 5.69 Å². The summed E-state index contributed by atoms with van der Waals surface area (Å²) in [6, 6.07) is 5.04. The molecular formula is C14H13N5O4. The highest BCUT2D eigenvalue weighted by Gasteiger charge is 2.16. The molecule has 1 atom stereocenters. The predicted molar refractivity (Wildman–Crippen MR) is 81.1 cm³/mol. The number of aliphatic hydroxyl groups excluding tert-OH is 1. The molecule has 0 aliphatic rings. The Bertz CT molecular complexity index is 1030. The molecule has 0 bridgehead atoms. The van der Waals surface area contributed by atoms with E-state index in [1.54, 1.807) is 18.2 Å². The molecule has 3 heterocycles. The van der Waals surface area contributed by atoms with Crippen molar-refractivity contribution in [3.05, 3.63) is 67.0 Å². The number of aromatic amines is 2. The summed E-state index contributed by atoms with van der Waals surface area (Å²) < 4.78 is 1.09. The molecule has 0 unspecified atom stereocenters. The molecule has 9 heteroatoms. The van der Waals surface area contributed by atoms with E-state index in [9.17, 15) is 19.5 Å². The molecule has 3 aromatic rings. The first-order valence-corrected chi connectivity index (χ1v) is 6.78. The summed E-state index contributed by atoms with van der Waals surface area (Å²) in [6.07, 6.45) is 0.385. The predicted octanol–water partition coefficient (Wildman–Crippen LogP) is -1.02. The van der Waals surface area contributed by atoms with Crippen LogP contribution in [0.4, 0.5) is 0 Å². The molecule has 0 aliphatic heterocycles. The number of hydrogen-bond acceptors (Lipinski definition) is 6. The van der Waals surface area contributed by atoms with E-state index in [1.165, 1.54) is 13.2 Å².